The topological polar surface area (TPSA) is 65.5 Å². The van der Waals surface area contributed by atoms with Gasteiger partial charge in [0, 0.05) is 30.4 Å². The molecule has 0 spiro atoms. The van der Waals surface area contributed by atoms with Crippen LogP contribution in [0.15, 0.2) is 30.3 Å². The summed E-state index contributed by atoms with van der Waals surface area (Å²) in [6, 6.07) is 10.7. The highest BCUT2D eigenvalue weighted by atomic mass is 16.3. The van der Waals surface area contributed by atoms with Gasteiger partial charge in [-0.2, -0.15) is 0 Å². The number of pyridine rings is 1. The molecule has 2 aliphatic rings. The molecule has 1 saturated carbocycles. The maximum absolute atomic E-state index is 13.3. The van der Waals surface area contributed by atoms with Crippen molar-refractivity contribution in [1.29, 1.82) is 0 Å². The number of rotatable bonds is 4. The molecule has 2 heterocycles. The van der Waals surface area contributed by atoms with Crippen LogP contribution in [0.2, 0.25) is 0 Å². The molecular weight excluding hydrogens is 398 g/mol. The van der Waals surface area contributed by atoms with Crippen LogP contribution < -0.4 is 10.2 Å². The SMILES string of the molecule is Cc1cccc2ccc(N3CC[C@H](C(=O)N[C@H]4CCCC(C(C)(C)O)C4)C(C)(C)C3)nc12. The summed E-state index contributed by atoms with van der Waals surface area (Å²) in [4.78, 5) is 20.6. The molecule has 5 heteroatoms. The number of fused-ring (bicyclic) bond motifs is 1. The van der Waals surface area contributed by atoms with Crippen LogP contribution in [-0.2, 0) is 4.79 Å². The molecule has 32 heavy (non-hydrogen) atoms. The summed E-state index contributed by atoms with van der Waals surface area (Å²) >= 11 is 0. The van der Waals surface area contributed by atoms with E-state index in [1.54, 1.807) is 0 Å². The summed E-state index contributed by atoms with van der Waals surface area (Å²) in [6.45, 7) is 11.9. The molecule has 2 fully saturated rings. The van der Waals surface area contributed by atoms with E-state index in [4.69, 9.17) is 4.98 Å². The highest BCUT2D eigenvalue weighted by Gasteiger charge is 2.42. The molecule has 1 aliphatic carbocycles. The number of aryl methyl sites for hydroxylation is 1. The summed E-state index contributed by atoms with van der Waals surface area (Å²) in [6.07, 6.45) is 4.81. The fourth-order valence-corrected chi connectivity index (χ4v) is 5.76. The summed E-state index contributed by atoms with van der Waals surface area (Å²) in [5.41, 5.74) is 1.42. The highest BCUT2D eigenvalue weighted by Crippen LogP contribution is 2.38. The molecule has 1 aromatic heterocycles. The van der Waals surface area contributed by atoms with Crippen LogP contribution in [0.25, 0.3) is 10.9 Å². The van der Waals surface area contributed by atoms with Crippen molar-refractivity contribution in [3.8, 4) is 0 Å². The molecule has 5 nitrogen and oxygen atoms in total. The third-order valence-corrected chi connectivity index (χ3v) is 7.80. The second-order valence-electron chi connectivity index (χ2n) is 11.3. The summed E-state index contributed by atoms with van der Waals surface area (Å²) < 4.78 is 0. The maximum Gasteiger partial charge on any atom is 0.224 e. The Labute approximate surface area is 192 Å². The van der Waals surface area contributed by atoms with E-state index in [-0.39, 0.29) is 29.2 Å². The Bertz CT molecular complexity index is 979. The largest absolute Gasteiger partial charge is 0.390 e. The summed E-state index contributed by atoms with van der Waals surface area (Å²) in [5.74, 6) is 1.42. The van der Waals surface area contributed by atoms with Crippen molar-refractivity contribution in [2.75, 3.05) is 18.0 Å². The van der Waals surface area contributed by atoms with E-state index in [1.165, 1.54) is 10.9 Å². The molecule has 1 amide bonds. The van der Waals surface area contributed by atoms with Crippen LogP contribution >= 0.6 is 0 Å². The van der Waals surface area contributed by atoms with Gasteiger partial charge in [0.2, 0.25) is 5.91 Å². The number of benzene rings is 1. The summed E-state index contributed by atoms with van der Waals surface area (Å²) in [5, 5.41) is 14.9. The van der Waals surface area contributed by atoms with Gasteiger partial charge in [-0.05, 0) is 75.5 Å². The highest BCUT2D eigenvalue weighted by molar-refractivity contribution is 5.83. The predicted octanol–water partition coefficient (Wildman–Crippen LogP) is 4.84. The van der Waals surface area contributed by atoms with Gasteiger partial charge >= 0.3 is 0 Å². The fourth-order valence-electron chi connectivity index (χ4n) is 5.76. The van der Waals surface area contributed by atoms with Gasteiger partial charge in [-0.25, -0.2) is 4.98 Å². The van der Waals surface area contributed by atoms with Crippen molar-refractivity contribution in [3.05, 3.63) is 35.9 Å². The van der Waals surface area contributed by atoms with E-state index in [9.17, 15) is 9.90 Å². The molecule has 0 bridgehead atoms. The van der Waals surface area contributed by atoms with Gasteiger partial charge in [0.15, 0.2) is 0 Å². The fraction of sp³-hybridized carbons (Fsp3) is 0.630. The molecule has 174 valence electrons. The molecular formula is C27H39N3O2. The number of aromatic nitrogens is 1. The second-order valence-corrected chi connectivity index (χ2v) is 11.3. The van der Waals surface area contributed by atoms with Crippen molar-refractivity contribution in [3.63, 3.8) is 0 Å². The van der Waals surface area contributed by atoms with E-state index in [0.717, 1.165) is 56.5 Å². The predicted molar refractivity (Wildman–Crippen MR) is 131 cm³/mol. The van der Waals surface area contributed by atoms with Crippen LogP contribution in [0.1, 0.15) is 65.4 Å². The molecule has 1 aromatic carbocycles. The number of amides is 1. The molecule has 4 rings (SSSR count). The van der Waals surface area contributed by atoms with Crippen LogP contribution in [0.3, 0.4) is 0 Å². The minimum atomic E-state index is -0.681. The Hall–Kier alpha value is -2.14. The lowest BCUT2D eigenvalue weighted by atomic mass is 9.72. The van der Waals surface area contributed by atoms with E-state index in [1.807, 2.05) is 13.8 Å². The molecule has 1 saturated heterocycles. The normalized spacial score (nSPS) is 26.2. The first-order valence-electron chi connectivity index (χ1n) is 12.2. The van der Waals surface area contributed by atoms with Gasteiger partial charge in [-0.3, -0.25) is 4.79 Å². The first-order valence-corrected chi connectivity index (χ1v) is 12.2. The second kappa shape index (κ2) is 8.66. The minimum Gasteiger partial charge on any atom is -0.390 e. The zero-order valence-electron chi connectivity index (χ0n) is 20.3. The van der Waals surface area contributed by atoms with Crippen molar-refractivity contribution < 1.29 is 9.90 Å². The first-order chi connectivity index (χ1) is 15.0. The van der Waals surface area contributed by atoms with Crippen LogP contribution in [0.4, 0.5) is 5.82 Å². The third kappa shape index (κ3) is 4.78. The number of aliphatic hydroxyl groups is 1. The monoisotopic (exact) mass is 437 g/mol. The third-order valence-electron chi connectivity index (χ3n) is 7.80. The zero-order valence-corrected chi connectivity index (χ0v) is 20.3. The Kier molecular flexibility index (Phi) is 6.23. The van der Waals surface area contributed by atoms with Gasteiger partial charge < -0.3 is 15.3 Å². The molecule has 1 aliphatic heterocycles. The van der Waals surface area contributed by atoms with Crippen LogP contribution in [-0.4, -0.2) is 40.7 Å². The quantitative estimate of drug-likeness (QED) is 0.718. The molecule has 0 radical (unpaired) electrons. The van der Waals surface area contributed by atoms with Gasteiger partial charge in [0.25, 0.3) is 0 Å². The number of nitrogens with zero attached hydrogens (tertiary/aromatic N) is 2. The Morgan fingerprint density at radius 3 is 2.69 bits per heavy atom. The molecule has 3 atom stereocenters. The molecule has 1 unspecified atom stereocenters. The van der Waals surface area contributed by atoms with Gasteiger partial charge in [-0.15, -0.1) is 0 Å². The van der Waals surface area contributed by atoms with E-state index >= 15 is 0 Å². The lowest BCUT2D eigenvalue weighted by Crippen LogP contribution is -2.53. The van der Waals surface area contributed by atoms with E-state index < -0.39 is 5.60 Å². The Morgan fingerprint density at radius 2 is 1.97 bits per heavy atom. The minimum absolute atomic E-state index is 0.0107. The number of carbonyl (C=O) groups is 1. The van der Waals surface area contributed by atoms with Crippen molar-refractivity contribution in [2.24, 2.45) is 17.3 Å². The molecule has 2 aromatic rings. The van der Waals surface area contributed by atoms with Crippen molar-refractivity contribution in [1.82, 2.24) is 10.3 Å². The first kappa shape index (κ1) is 23.0. The van der Waals surface area contributed by atoms with E-state index in [2.05, 4.69) is 61.3 Å². The molecule has 2 N–H and O–H groups in total. The van der Waals surface area contributed by atoms with Gasteiger partial charge in [0.05, 0.1) is 11.1 Å². The Balaban J connectivity index is 1.43. The lowest BCUT2D eigenvalue weighted by molar-refractivity contribution is -0.130. The number of piperidine rings is 1. The van der Waals surface area contributed by atoms with Crippen molar-refractivity contribution >= 4 is 22.6 Å². The van der Waals surface area contributed by atoms with Crippen LogP contribution in [0.5, 0.6) is 0 Å². The smallest absolute Gasteiger partial charge is 0.224 e. The average molecular weight is 438 g/mol. The lowest BCUT2D eigenvalue weighted by Gasteiger charge is -2.45. The standard InChI is InChI=1S/C27H39N3O2/c1-18-8-6-9-19-12-13-23(29-24(18)19)30-15-14-22(26(2,3)17-30)25(31)28-21-11-7-10-20(16-21)27(4,5)32/h6,8-9,12-13,20-22,32H,7,10-11,14-17H2,1-5H3,(H,28,31)/t20?,21-,22+/m0/s1. The number of anilines is 1. The maximum atomic E-state index is 13.3. The van der Waals surface area contributed by atoms with Gasteiger partial charge in [-0.1, -0.05) is 38.5 Å². The zero-order chi connectivity index (χ0) is 23.1. The number of nitrogens with one attached hydrogen (secondary N) is 1. The number of hydrogen-bond acceptors (Lipinski definition) is 4. The van der Waals surface area contributed by atoms with E-state index in [0.29, 0.717) is 0 Å². The van der Waals surface area contributed by atoms with Gasteiger partial charge in [0.1, 0.15) is 5.82 Å². The number of hydrogen-bond donors (Lipinski definition) is 2. The van der Waals surface area contributed by atoms with Crippen molar-refractivity contribution in [2.45, 2.75) is 78.4 Å². The number of para-hydroxylation sites is 1. The van der Waals surface area contributed by atoms with Crippen LogP contribution in [0, 0.1) is 24.2 Å². The number of carbonyl (C=O) groups excluding carboxylic acids is 1. The summed E-state index contributed by atoms with van der Waals surface area (Å²) in [7, 11) is 0. The average Bonchev–Trinajstić information content (AvgIpc) is 2.72. The Morgan fingerprint density at radius 1 is 1.19 bits per heavy atom.